The molecule has 0 aliphatic heterocycles. The van der Waals surface area contributed by atoms with Crippen LogP contribution in [0.4, 0.5) is 11.4 Å². The second-order valence-electron chi connectivity index (χ2n) is 9.44. The highest BCUT2D eigenvalue weighted by Crippen LogP contribution is 2.33. The molecule has 0 saturated heterocycles. The lowest BCUT2D eigenvalue weighted by atomic mass is 9.87. The summed E-state index contributed by atoms with van der Waals surface area (Å²) >= 11 is 0. The number of carbonyl (C=O) groups excluding carboxylic acids is 2. The van der Waals surface area contributed by atoms with Crippen LogP contribution in [0.15, 0.2) is 77.2 Å². The number of rotatable bonds is 6. The molecule has 0 fully saturated rings. The Labute approximate surface area is 210 Å². The zero-order valence-corrected chi connectivity index (χ0v) is 21.0. The van der Waals surface area contributed by atoms with Crippen LogP contribution in [0.2, 0.25) is 0 Å². The van der Waals surface area contributed by atoms with Gasteiger partial charge in [0.05, 0.1) is 12.8 Å². The van der Waals surface area contributed by atoms with Crippen LogP contribution < -0.4 is 15.4 Å². The van der Waals surface area contributed by atoms with Crippen molar-refractivity contribution in [1.29, 1.82) is 0 Å². The maximum Gasteiger partial charge on any atom is 0.278 e. The number of anilines is 2. The van der Waals surface area contributed by atoms with E-state index in [1.54, 1.807) is 43.5 Å². The number of ether oxygens (including phenoxy) is 1. The van der Waals surface area contributed by atoms with E-state index in [1.807, 2.05) is 36.4 Å². The van der Waals surface area contributed by atoms with E-state index in [0.29, 0.717) is 34.3 Å². The molecule has 2 amide bonds. The fraction of sp³-hybridized carbons (Fsp3) is 0.207. The first-order valence-corrected chi connectivity index (χ1v) is 11.6. The summed E-state index contributed by atoms with van der Waals surface area (Å²) < 4.78 is 11.5. The maximum atomic E-state index is 13.4. The summed E-state index contributed by atoms with van der Waals surface area (Å²) in [6, 6.07) is 22.2. The number of oxazole rings is 1. The van der Waals surface area contributed by atoms with Crippen LogP contribution in [0.3, 0.4) is 0 Å². The lowest BCUT2D eigenvalue weighted by molar-refractivity contribution is -0.114. The number of carbonyl (C=O) groups is 2. The highest BCUT2D eigenvalue weighted by Gasteiger charge is 2.24. The van der Waals surface area contributed by atoms with E-state index < -0.39 is 5.91 Å². The van der Waals surface area contributed by atoms with E-state index in [2.05, 4.69) is 36.4 Å². The number of amides is 2. The highest BCUT2D eigenvalue weighted by molar-refractivity contribution is 6.07. The fourth-order valence-electron chi connectivity index (χ4n) is 3.74. The molecular formula is C29H29N3O4. The van der Waals surface area contributed by atoms with Gasteiger partial charge >= 0.3 is 0 Å². The highest BCUT2D eigenvalue weighted by atomic mass is 16.5. The first kappa shape index (κ1) is 24.7. The third kappa shape index (κ3) is 5.46. The van der Waals surface area contributed by atoms with Crippen molar-refractivity contribution >= 4 is 23.2 Å². The van der Waals surface area contributed by atoms with Crippen molar-refractivity contribution in [2.75, 3.05) is 17.7 Å². The van der Waals surface area contributed by atoms with Crippen LogP contribution in [-0.2, 0) is 10.2 Å². The van der Waals surface area contributed by atoms with Crippen molar-refractivity contribution in [2.45, 2.75) is 33.1 Å². The van der Waals surface area contributed by atoms with E-state index in [1.165, 1.54) is 12.5 Å². The van der Waals surface area contributed by atoms with Crippen molar-refractivity contribution in [3.63, 3.8) is 0 Å². The average molecular weight is 484 g/mol. The quantitative estimate of drug-likeness (QED) is 0.325. The van der Waals surface area contributed by atoms with Gasteiger partial charge in [0, 0.05) is 23.7 Å². The van der Waals surface area contributed by atoms with E-state index in [4.69, 9.17) is 9.15 Å². The van der Waals surface area contributed by atoms with Gasteiger partial charge in [-0.05, 0) is 59.5 Å². The Morgan fingerprint density at radius 3 is 2.11 bits per heavy atom. The predicted octanol–water partition coefficient (Wildman–Crippen LogP) is 6.53. The molecule has 184 valence electrons. The van der Waals surface area contributed by atoms with Crippen LogP contribution in [-0.4, -0.2) is 23.9 Å². The SMILES string of the molecule is COc1ccccc1NC(=O)c1nc(-c2ccc(C(C)(C)C)cc2)oc1-c1ccc(NC(C)=O)cc1. The Bertz CT molecular complexity index is 1380. The molecule has 4 aromatic rings. The molecule has 0 spiro atoms. The normalized spacial score (nSPS) is 11.1. The summed E-state index contributed by atoms with van der Waals surface area (Å²) in [5, 5.41) is 5.61. The zero-order valence-electron chi connectivity index (χ0n) is 21.0. The Morgan fingerprint density at radius 1 is 0.861 bits per heavy atom. The fourth-order valence-corrected chi connectivity index (χ4v) is 3.74. The molecule has 3 aromatic carbocycles. The molecule has 0 saturated carbocycles. The average Bonchev–Trinajstić information content (AvgIpc) is 3.30. The second kappa shape index (κ2) is 10.1. The maximum absolute atomic E-state index is 13.4. The standard InChI is InChI=1S/C29H29N3O4/c1-18(33)30-22-16-12-19(13-17-22)26-25(27(34)31-23-8-6-7-9-24(23)35-5)32-28(36-26)20-10-14-21(15-11-20)29(2,3)4/h6-17H,1-5H3,(H,30,33)(H,31,34). The summed E-state index contributed by atoms with van der Waals surface area (Å²) in [6.07, 6.45) is 0. The number of hydrogen-bond donors (Lipinski definition) is 2. The largest absolute Gasteiger partial charge is 0.495 e. The summed E-state index contributed by atoms with van der Waals surface area (Å²) in [7, 11) is 1.54. The molecule has 0 unspecified atom stereocenters. The van der Waals surface area contributed by atoms with Crippen molar-refractivity contribution in [3.05, 3.63) is 84.1 Å². The van der Waals surface area contributed by atoms with Crippen molar-refractivity contribution in [1.82, 2.24) is 4.98 Å². The predicted molar refractivity (Wildman–Crippen MR) is 141 cm³/mol. The van der Waals surface area contributed by atoms with Crippen molar-refractivity contribution in [2.24, 2.45) is 0 Å². The van der Waals surface area contributed by atoms with Crippen LogP contribution in [0.1, 0.15) is 43.7 Å². The summed E-state index contributed by atoms with van der Waals surface area (Å²) in [4.78, 5) is 29.3. The molecule has 7 nitrogen and oxygen atoms in total. The number of methoxy groups -OCH3 is 1. The molecule has 0 aliphatic rings. The third-order valence-electron chi connectivity index (χ3n) is 5.66. The molecule has 1 heterocycles. The molecule has 0 bridgehead atoms. The van der Waals surface area contributed by atoms with Gasteiger partial charge in [-0.25, -0.2) is 4.98 Å². The number of benzene rings is 3. The third-order valence-corrected chi connectivity index (χ3v) is 5.66. The Balaban J connectivity index is 1.74. The Morgan fingerprint density at radius 2 is 1.50 bits per heavy atom. The molecule has 4 rings (SSSR count). The van der Waals surface area contributed by atoms with E-state index >= 15 is 0 Å². The minimum atomic E-state index is -0.429. The molecule has 0 radical (unpaired) electrons. The number of nitrogens with zero attached hydrogens (tertiary/aromatic N) is 1. The molecule has 1 aromatic heterocycles. The molecule has 36 heavy (non-hydrogen) atoms. The van der Waals surface area contributed by atoms with Gasteiger partial charge in [0.1, 0.15) is 5.75 Å². The number of nitrogens with one attached hydrogen (secondary N) is 2. The van der Waals surface area contributed by atoms with Gasteiger partial charge in [-0.1, -0.05) is 45.0 Å². The van der Waals surface area contributed by atoms with Crippen LogP contribution in [0.25, 0.3) is 22.8 Å². The number of aromatic nitrogens is 1. The van der Waals surface area contributed by atoms with Gasteiger partial charge in [-0.3, -0.25) is 9.59 Å². The monoisotopic (exact) mass is 483 g/mol. The number of hydrogen-bond acceptors (Lipinski definition) is 5. The summed E-state index contributed by atoms with van der Waals surface area (Å²) in [6.45, 7) is 7.89. The molecule has 0 aliphatic carbocycles. The van der Waals surface area contributed by atoms with Crippen LogP contribution in [0, 0.1) is 0 Å². The smallest absolute Gasteiger partial charge is 0.278 e. The van der Waals surface area contributed by atoms with Crippen molar-refractivity contribution in [3.8, 4) is 28.5 Å². The van der Waals surface area contributed by atoms with Gasteiger partial charge < -0.3 is 19.8 Å². The van der Waals surface area contributed by atoms with Crippen LogP contribution in [0.5, 0.6) is 5.75 Å². The number of para-hydroxylation sites is 2. The summed E-state index contributed by atoms with van der Waals surface area (Å²) in [5.74, 6) is 0.601. The van der Waals surface area contributed by atoms with Gasteiger partial charge in [0.25, 0.3) is 5.91 Å². The molecule has 2 N–H and O–H groups in total. The minimum Gasteiger partial charge on any atom is -0.495 e. The van der Waals surface area contributed by atoms with E-state index in [-0.39, 0.29) is 17.0 Å². The lowest BCUT2D eigenvalue weighted by Crippen LogP contribution is -2.14. The molecular weight excluding hydrogens is 454 g/mol. The van der Waals surface area contributed by atoms with Gasteiger partial charge in [0.15, 0.2) is 11.5 Å². The first-order chi connectivity index (χ1) is 17.2. The first-order valence-electron chi connectivity index (χ1n) is 11.6. The van der Waals surface area contributed by atoms with Gasteiger partial charge in [-0.15, -0.1) is 0 Å². The van der Waals surface area contributed by atoms with Crippen LogP contribution >= 0.6 is 0 Å². The van der Waals surface area contributed by atoms with Gasteiger partial charge in [-0.2, -0.15) is 0 Å². The zero-order chi connectivity index (χ0) is 25.9. The van der Waals surface area contributed by atoms with Gasteiger partial charge in [0.2, 0.25) is 11.8 Å². The van der Waals surface area contributed by atoms with Crippen molar-refractivity contribution < 1.29 is 18.7 Å². The van der Waals surface area contributed by atoms with E-state index in [9.17, 15) is 9.59 Å². The lowest BCUT2D eigenvalue weighted by Gasteiger charge is -2.18. The summed E-state index contributed by atoms with van der Waals surface area (Å²) in [5.41, 5.74) is 3.91. The Kier molecular flexibility index (Phi) is 6.92. The Hall–Kier alpha value is -4.39. The van der Waals surface area contributed by atoms with E-state index in [0.717, 1.165) is 5.56 Å². The minimum absolute atomic E-state index is 0.00965. The molecule has 0 atom stereocenters. The molecule has 7 heteroatoms. The topological polar surface area (TPSA) is 93.5 Å². The second-order valence-corrected chi connectivity index (χ2v) is 9.44.